The number of anilines is 1. The molecule has 3 rings (SSSR count). The normalized spacial score (nSPS) is 23.8. The van der Waals surface area contributed by atoms with E-state index in [-0.39, 0.29) is 17.9 Å². The first-order valence-electron chi connectivity index (χ1n) is 6.12. The Hall–Kier alpha value is -1.39. The first-order valence-corrected chi connectivity index (χ1v) is 6.50. The Morgan fingerprint density at radius 1 is 1.17 bits per heavy atom. The molecule has 18 heavy (non-hydrogen) atoms. The van der Waals surface area contributed by atoms with Gasteiger partial charge in [-0.2, -0.15) is 0 Å². The third-order valence-electron chi connectivity index (χ3n) is 3.39. The Morgan fingerprint density at radius 3 is 2.44 bits per heavy atom. The van der Waals surface area contributed by atoms with E-state index < -0.39 is 0 Å². The van der Waals surface area contributed by atoms with Gasteiger partial charge < -0.3 is 5.32 Å². The van der Waals surface area contributed by atoms with Gasteiger partial charge in [-0.05, 0) is 24.3 Å². The monoisotopic (exact) mass is 265 g/mol. The van der Waals surface area contributed by atoms with Crippen LogP contribution in [-0.4, -0.2) is 23.9 Å². The van der Waals surface area contributed by atoms with Crippen LogP contribution in [0, 0.1) is 0 Å². The minimum absolute atomic E-state index is 0.103. The van der Waals surface area contributed by atoms with Gasteiger partial charge in [-0.1, -0.05) is 11.6 Å². The Labute approximate surface area is 110 Å². The fourth-order valence-corrected chi connectivity index (χ4v) is 2.41. The molecule has 1 unspecified atom stereocenters. The van der Waals surface area contributed by atoms with Crippen LogP contribution in [0.1, 0.15) is 19.3 Å². The van der Waals surface area contributed by atoms with Gasteiger partial charge >= 0.3 is 0 Å². The molecule has 2 amide bonds. The summed E-state index contributed by atoms with van der Waals surface area (Å²) in [6, 6.07) is 7.10. The molecule has 1 atom stereocenters. The number of nitrogens with two attached hydrogens (primary N) is 1. The molecule has 1 saturated carbocycles. The van der Waals surface area contributed by atoms with Gasteiger partial charge in [0.2, 0.25) is 5.91 Å². The van der Waals surface area contributed by atoms with E-state index in [0.29, 0.717) is 23.2 Å². The summed E-state index contributed by atoms with van der Waals surface area (Å²) in [4.78, 5) is 25.4. The molecule has 0 spiro atoms. The van der Waals surface area contributed by atoms with Crippen molar-refractivity contribution in [2.45, 2.75) is 31.3 Å². The zero-order chi connectivity index (χ0) is 12.7. The van der Waals surface area contributed by atoms with Crippen molar-refractivity contribution in [1.29, 1.82) is 0 Å². The standard InChI is InChI=1S/C13H13ClN2O2/c14-8-1-5-10(6-2-8)16-12(17)7-11(13(16)18)15-9-3-4-9/h1-2,5-6,9,11,15H,3-4,7H2/p+1. The molecular formula is C13H14ClN2O2+. The molecule has 1 aromatic rings. The number of nitrogens with zero attached hydrogens (tertiary/aromatic N) is 1. The van der Waals surface area contributed by atoms with E-state index in [1.165, 1.54) is 4.90 Å². The summed E-state index contributed by atoms with van der Waals surface area (Å²) < 4.78 is 0. The van der Waals surface area contributed by atoms with Gasteiger partial charge in [0.1, 0.15) is 0 Å². The van der Waals surface area contributed by atoms with Crippen LogP contribution >= 0.6 is 11.6 Å². The number of quaternary nitrogens is 1. The van der Waals surface area contributed by atoms with E-state index in [4.69, 9.17) is 11.6 Å². The number of imide groups is 1. The third kappa shape index (κ3) is 2.13. The number of carbonyl (C=O) groups is 2. The second-order valence-corrected chi connectivity index (χ2v) is 5.32. The summed E-state index contributed by atoms with van der Waals surface area (Å²) >= 11 is 5.80. The lowest BCUT2D eigenvalue weighted by Crippen LogP contribution is -2.93. The van der Waals surface area contributed by atoms with Crippen molar-refractivity contribution in [3.05, 3.63) is 29.3 Å². The van der Waals surface area contributed by atoms with Gasteiger partial charge in [0.05, 0.1) is 18.2 Å². The Balaban J connectivity index is 1.80. The summed E-state index contributed by atoms with van der Waals surface area (Å²) in [5, 5.41) is 2.63. The number of halogens is 1. The fourth-order valence-electron chi connectivity index (χ4n) is 2.28. The molecule has 2 fully saturated rings. The van der Waals surface area contributed by atoms with Crippen LogP contribution in [0.25, 0.3) is 0 Å². The van der Waals surface area contributed by atoms with Crippen LogP contribution in [0.15, 0.2) is 24.3 Å². The summed E-state index contributed by atoms with van der Waals surface area (Å²) in [6.07, 6.45) is 2.61. The van der Waals surface area contributed by atoms with Crippen LogP contribution in [0.3, 0.4) is 0 Å². The molecule has 1 aliphatic heterocycles. The molecular weight excluding hydrogens is 252 g/mol. The Morgan fingerprint density at radius 2 is 1.83 bits per heavy atom. The average molecular weight is 266 g/mol. The van der Waals surface area contributed by atoms with Crippen LogP contribution in [0.4, 0.5) is 5.69 Å². The number of hydrogen-bond acceptors (Lipinski definition) is 2. The molecule has 94 valence electrons. The molecule has 0 radical (unpaired) electrons. The van der Waals surface area contributed by atoms with Gasteiger partial charge in [-0.25, -0.2) is 4.90 Å². The van der Waals surface area contributed by atoms with Crippen molar-refractivity contribution < 1.29 is 14.9 Å². The molecule has 1 heterocycles. The van der Waals surface area contributed by atoms with Crippen molar-refractivity contribution in [1.82, 2.24) is 0 Å². The average Bonchev–Trinajstić information content (AvgIpc) is 3.10. The predicted octanol–water partition coefficient (Wildman–Crippen LogP) is 0.698. The second kappa shape index (κ2) is 4.37. The smallest absolute Gasteiger partial charge is 0.292 e. The topological polar surface area (TPSA) is 54.0 Å². The third-order valence-corrected chi connectivity index (χ3v) is 3.64. The first-order chi connectivity index (χ1) is 8.65. The molecule has 0 aromatic heterocycles. The quantitative estimate of drug-likeness (QED) is 0.818. The van der Waals surface area contributed by atoms with E-state index in [1.807, 2.05) is 5.32 Å². The fraction of sp³-hybridized carbons (Fsp3) is 0.385. The lowest BCUT2D eigenvalue weighted by atomic mass is 10.2. The molecule has 1 aromatic carbocycles. The SMILES string of the molecule is O=C1CC([NH2+]C2CC2)C(=O)N1c1ccc(Cl)cc1. The van der Waals surface area contributed by atoms with Crippen molar-refractivity contribution in [2.75, 3.05) is 4.90 Å². The highest BCUT2D eigenvalue weighted by atomic mass is 35.5. The van der Waals surface area contributed by atoms with E-state index in [0.717, 1.165) is 12.8 Å². The van der Waals surface area contributed by atoms with E-state index in [2.05, 4.69) is 0 Å². The van der Waals surface area contributed by atoms with Gasteiger partial charge in [0, 0.05) is 17.9 Å². The number of rotatable bonds is 3. The van der Waals surface area contributed by atoms with Crippen molar-refractivity contribution >= 4 is 29.1 Å². The highest BCUT2D eigenvalue weighted by Gasteiger charge is 2.44. The number of carbonyl (C=O) groups excluding carboxylic acids is 2. The molecule has 5 heteroatoms. The van der Waals surface area contributed by atoms with E-state index in [1.54, 1.807) is 24.3 Å². The highest BCUT2D eigenvalue weighted by Crippen LogP contribution is 2.24. The van der Waals surface area contributed by atoms with Crippen molar-refractivity contribution in [2.24, 2.45) is 0 Å². The van der Waals surface area contributed by atoms with Crippen LogP contribution < -0.4 is 10.2 Å². The highest BCUT2D eigenvalue weighted by molar-refractivity contribution is 6.30. The molecule has 2 N–H and O–H groups in total. The molecule has 1 saturated heterocycles. The lowest BCUT2D eigenvalue weighted by molar-refractivity contribution is -0.687. The first kappa shape index (κ1) is 11.7. The summed E-state index contributed by atoms with van der Waals surface area (Å²) in [6.45, 7) is 0. The van der Waals surface area contributed by atoms with Gasteiger partial charge in [-0.15, -0.1) is 0 Å². The van der Waals surface area contributed by atoms with Crippen LogP contribution in [0.2, 0.25) is 5.02 Å². The van der Waals surface area contributed by atoms with Crippen molar-refractivity contribution in [3.8, 4) is 0 Å². The molecule has 1 aliphatic carbocycles. The predicted molar refractivity (Wildman–Crippen MR) is 67.3 cm³/mol. The Bertz CT molecular complexity index is 496. The largest absolute Gasteiger partial charge is 0.333 e. The van der Waals surface area contributed by atoms with Gasteiger partial charge in [-0.3, -0.25) is 9.59 Å². The maximum Gasteiger partial charge on any atom is 0.292 e. The molecule has 4 nitrogen and oxygen atoms in total. The van der Waals surface area contributed by atoms with E-state index in [9.17, 15) is 9.59 Å². The number of benzene rings is 1. The summed E-state index contributed by atoms with van der Waals surface area (Å²) in [5.41, 5.74) is 0.612. The van der Waals surface area contributed by atoms with Crippen LogP contribution in [-0.2, 0) is 9.59 Å². The lowest BCUT2D eigenvalue weighted by Gasteiger charge is -2.14. The molecule has 0 bridgehead atoms. The summed E-state index contributed by atoms with van der Waals surface area (Å²) in [5.74, 6) is -0.224. The second-order valence-electron chi connectivity index (χ2n) is 4.88. The maximum absolute atomic E-state index is 12.2. The van der Waals surface area contributed by atoms with E-state index >= 15 is 0 Å². The molecule has 2 aliphatic rings. The van der Waals surface area contributed by atoms with Gasteiger partial charge in [0.15, 0.2) is 6.04 Å². The number of amides is 2. The van der Waals surface area contributed by atoms with Gasteiger partial charge in [0.25, 0.3) is 5.91 Å². The maximum atomic E-state index is 12.2. The summed E-state index contributed by atoms with van der Waals surface area (Å²) in [7, 11) is 0. The Kier molecular flexibility index (Phi) is 2.84. The zero-order valence-electron chi connectivity index (χ0n) is 9.80. The van der Waals surface area contributed by atoms with Crippen LogP contribution in [0.5, 0.6) is 0 Å². The minimum atomic E-state index is -0.235. The number of hydrogen-bond donors (Lipinski definition) is 1. The zero-order valence-corrected chi connectivity index (χ0v) is 10.6. The van der Waals surface area contributed by atoms with Crippen molar-refractivity contribution in [3.63, 3.8) is 0 Å². The minimum Gasteiger partial charge on any atom is -0.333 e.